The molecule has 3 aromatic carbocycles. The second kappa shape index (κ2) is 7.34. The summed E-state index contributed by atoms with van der Waals surface area (Å²) in [6.45, 7) is 1.86. The molecule has 0 atom stereocenters. The normalized spacial score (nSPS) is 10.4. The molecule has 1 heterocycles. The Labute approximate surface area is 163 Å². The first-order valence-corrected chi connectivity index (χ1v) is 8.93. The maximum Gasteiger partial charge on any atom is 0.256 e. The molecule has 0 aliphatic rings. The maximum atomic E-state index is 12.6. The third-order valence-electron chi connectivity index (χ3n) is 4.61. The van der Waals surface area contributed by atoms with Crippen molar-refractivity contribution in [1.82, 2.24) is 4.98 Å². The van der Waals surface area contributed by atoms with E-state index in [0.29, 0.717) is 16.9 Å². The lowest BCUT2D eigenvalue weighted by Crippen LogP contribution is -2.13. The van der Waals surface area contributed by atoms with E-state index in [2.05, 4.69) is 16.4 Å². The molecule has 0 bridgehead atoms. The number of hydrogen-bond donors (Lipinski definition) is 1. The van der Waals surface area contributed by atoms with E-state index in [9.17, 15) is 10.1 Å². The number of benzene rings is 3. The minimum absolute atomic E-state index is 0.293. The summed E-state index contributed by atoms with van der Waals surface area (Å²) in [5.41, 5.74) is 3.48. The molecule has 0 radical (unpaired) electrons. The first kappa shape index (κ1) is 17.4. The lowest BCUT2D eigenvalue weighted by Gasteiger charge is -2.11. The molecule has 0 spiro atoms. The predicted octanol–water partition coefficient (Wildman–Crippen LogP) is 5.33. The zero-order valence-corrected chi connectivity index (χ0v) is 15.3. The number of carbonyl (C=O) groups excluding carboxylic acids is 1. The molecule has 1 N–H and O–H groups in total. The molecular weight excluding hydrogens is 346 g/mol. The lowest BCUT2D eigenvalue weighted by atomic mass is 9.93. The summed E-state index contributed by atoms with van der Waals surface area (Å²) in [6, 6.07) is 26.9. The smallest absolute Gasteiger partial charge is 0.256 e. The van der Waals surface area contributed by atoms with Crippen LogP contribution in [0.4, 0.5) is 5.82 Å². The number of rotatable bonds is 3. The highest BCUT2D eigenvalue weighted by molar-refractivity contribution is 6.05. The second-order valence-electron chi connectivity index (χ2n) is 6.52. The van der Waals surface area contributed by atoms with E-state index >= 15 is 0 Å². The average molecular weight is 363 g/mol. The number of anilines is 1. The van der Waals surface area contributed by atoms with Gasteiger partial charge in [-0.3, -0.25) is 4.79 Å². The minimum Gasteiger partial charge on any atom is -0.307 e. The topological polar surface area (TPSA) is 65.8 Å². The highest BCUT2D eigenvalue weighted by atomic mass is 16.1. The van der Waals surface area contributed by atoms with Crippen molar-refractivity contribution in [2.45, 2.75) is 6.92 Å². The summed E-state index contributed by atoms with van der Waals surface area (Å²) in [6.07, 6.45) is 0. The summed E-state index contributed by atoms with van der Waals surface area (Å²) < 4.78 is 0. The molecular formula is C24H17N3O. The van der Waals surface area contributed by atoms with Crippen LogP contribution in [0.2, 0.25) is 0 Å². The van der Waals surface area contributed by atoms with Crippen LogP contribution in [0.3, 0.4) is 0 Å². The summed E-state index contributed by atoms with van der Waals surface area (Å²) in [7, 11) is 0. The van der Waals surface area contributed by atoms with Gasteiger partial charge >= 0.3 is 0 Å². The molecule has 4 aromatic rings. The largest absolute Gasteiger partial charge is 0.307 e. The number of aryl methyl sites for hydroxylation is 1. The number of amides is 1. The van der Waals surface area contributed by atoms with E-state index in [-0.39, 0.29) is 5.91 Å². The van der Waals surface area contributed by atoms with Crippen molar-refractivity contribution in [3.8, 4) is 17.2 Å². The Hall–Kier alpha value is -3.97. The van der Waals surface area contributed by atoms with E-state index in [4.69, 9.17) is 0 Å². The Bertz CT molecular complexity index is 1230. The van der Waals surface area contributed by atoms with Gasteiger partial charge in [0.1, 0.15) is 5.82 Å². The molecule has 28 heavy (non-hydrogen) atoms. The van der Waals surface area contributed by atoms with Crippen LogP contribution >= 0.6 is 0 Å². The third-order valence-corrected chi connectivity index (χ3v) is 4.61. The van der Waals surface area contributed by atoms with Gasteiger partial charge in [0.05, 0.1) is 11.6 Å². The fourth-order valence-corrected chi connectivity index (χ4v) is 3.27. The van der Waals surface area contributed by atoms with Gasteiger partial charge in [-0.25, -0.2) is 4.98 Å². The van der Waals surface area contributed by atoms with E-state index in [1.165, 1.54) is 0 Å². The standard InChI is InChI=1S/C24H17N3O/c1-16-6-4-11-23(26-16)27-24(28)18-12-13-21(19(14-18)15-25)22-10-5-8-17-7-2-3-9-20(17)22/h2-14H,1H3,(H,26,27,28). The first-order valence-electron chi connectivity index (χ1n) is 8.93. The lowest BCUT2D eigenvalue weighted by molar-refractivity contribution is 0.102. The average Bonchev–Trinajstić information content (AvgIpc) is 2.73. The number of carbonyl (C=O) groups is 1. The zero-order chi connectivity index (χ0) is 19.5. The monoisotopic (exact) mass is 363 g/mol. The van der Waals surface area contributed by atoms with Crippen LogP contribution in [0, 0.1) is 18.3 Å². The van der Waals surface area contributed by atoms with Gasteiger partial charge in [0.15, 0.2) is 0 Å². The first-order chi connectivity index (χ1) is 13.7. The molecule has 0 saturated heterocycles. The SMILES string of the molecule is Cc1cccc(NC(=O)c2ccc(-c3cccc4ccccc34)c(C#N)c2)n1. The summed E-state index contributed by atoms with van der Waals surface area (Å²) >= 11 is 0. The van der Waals surface area contributed by atoms with Crippen LogP contribution in [0.15, 0.2) is 78.9 Å². The number of nitrogens with one attached hydrogen (secondary N) is 1. The Balaban J connectivity index is 1.72. The van der Waals surface area contributed by atoms with Gasteiger partial charge in [0, 0.05) is 16.8 Å². The summed E-state index contributed by atoms with van der Waals surface area (Å²) in [4.78, 5) is 16.9. The van der Waals surface area contributed by atoms with E-state index in [1.807, 2.05) is 67.6 Å². The van der Waals surface area contributed by atoms with Crippen molar-refractivity contribution < 1.29 is 4.79 Å². The van der Waals surface area contributed by atoms with Crippen LogP contribution in [-0.4, -0.2) is 10.9 Å². The third kappa shape index (κ3) is 3.34. The summed E-state index contributed by atoms with van der Waals surface area (Å²) in [5.74, 6) is 0.195. The Morgan fingerprint density at radius 3 is 2.54 bits per heavy atom. The molecule has 1 amide bonds. The fraction of sp³-hybridized carbons (Fsp3) is 0.0417. The quantitative estimate of drug-likeness (QED) is 0.535. The summed E-state index contributed by atoms with van der Waals surface area (Å²) in [5, 5.41) is 14.6. The van der Waals surface area contributed by atoms with Crippen LogP contribution in [0.5, 0.6) is 0 Å². The van der Waals surface area contributed by atoms with E-state index in [1.54, 1.807) is 18.2 Å². The molecule has 0 saturated carbocycles. The van der Waals surface area contributed by atoms with Crippen LogP contribution in [-0.2, 0) is 0 Å². The van der Waals surface area contributed by atoms with E-state index < -0.39 is 0 Å². The van der Waals surface area contributed by atoms with Gasteiger partial charge in [-0.2, -0.15) is 5.26 Å². The Morgan fingerprint density at radius 2 is 1.71 bits per heavy atom. The fourth-order valence-electron chi connectivity index (χ4n) is 3.27. The van der Waals surface area contributed by atoms with Gasteiger partial charge < -0.3 is 5.32 Å². The molecule has 4 rings (SSSR count). The molecule has 0 unspecified atom stereocenters. The molecule has 4 heteroatoms. The van der Waals surface area contributed by atoms with Gasteiger partial charge in [-0.15, -0.1) is 0 Å². The molecule has 134 valence electrons. The van der Waals surface area contributed by atoms with E-state index in [0.717, 1.165) is 27.6 Å². The Morgan fingerprint density at radius 1 is 0.929 bits per heavy atom. The highest BCUT2D eigenvalue weighted by Crippen LogP contribution is 2.31. The molecule has 0 fully saturated rings. The number of nitriles is 1. The number of nitrogens with zero attached hydrogens (tertiary/aromatic N) is 2. The van der Waals surface area contributed by atoms with Gasteiger partial charge in [-0.05, 0) is 47.5 Å². The number of aromatic nitrogens is 1. The van der Waals surface area contributed by atoms with Crippen molar-refractivity contribution >= 4 is 22.5 Å². The maximum absolute atomic E-state index is 12.6. The highest BCUT2D eigenvalue weighted by Gasteiger charge is 2.13. The van der Waals surface area contributed by atoms with Gasteiger partial charge in [-0.1, -0.05) is 54.6 Å². The number of pyridine rings is 1. The molecule has 1 aromatic heterocycles. The zero-order valence-electron chi connectivity index (χ0n) is 15.3. The van der Waals surface area contributed by atoms with Crippen LogP contribution in [0.25, 0.3) is 21.9 Å². The van der Waals surface area contributed by atoms with Crippen molar-refractivity contribution in [3.63, 3.8) is 0 Å². The molecule has 0 aliphatic carbocycles. The van der Waals surface area contributed by atoms with Crippen molar-refractivity contribution in [1.29, 1.82) is 5.26 Å². The van der Waals surface area contributed by atoms with Crippen LogP contribution in [0.1, 0.15) is 21.6 Å². The van der Waals surface area contributed by atoms with Crippen molar-refractivity contribution in [3.05, 3.63) is 95.7 Å². The Kier molecular flexibility index (Phi) is 4.57. The molecule has 0 aliphatic heterocycles. The van der Waals surface area contributed by atoms with Crippen LogP contribution < -0.4 is 5.32 Å². The van der Waals surface area contributed by atoms with Crippen molar-refractivity contribution in [2.24, 2.45) is 0 Å². The molecule has 4 nitrogen and oxygen atoms in total. The number of fused-ring (bicyclic) bond motifs is 1. The minimum atomic E-state index is -0.293. The van der Waals surface area contributed by atoms with Crippen molar-refractivity contribution in [2.75, 3.05) is 5.32 Å². The van der Waals surface area contributed by atoms with Gasteiger partial charge in [0.25, 0.3) is 5.91 Å². The second-order valence-corrected chi connectivity index (χ2v) is 6.52. The van der Waals surface area contributed by atoms with Gasteiger partial charge in [0.2, 0.25) is 0 Å². The predicted molar refractivity (Wildman–Crippen MR) is 111 cm³/mol. The number of hydrogen-bond acceptors (Lipinski definition) is 3.